The topological polar surface area (TPSA) is 74.5 Å². The lowest BCUT2D eigenvalue weighted by Gasteiger charge is -2.15. The predicted molar refractivity (Wildman–Crippen MR) is 84.7 cm³/mol. The Morgan fingerprint density at radius 3 is 2.74 bits per heavy atom. The SMILES string of the molecule is CC(NCc1cn(C)c(=O)n(C)c1=O)c1ccc2c(c1)OCO2. The van der Waals surface area contributed by atoms with Gasteiger partial charge in [-0.2, -0.15) is 0 Å². The van der Waals surface area contributed by atoms with E-state index in [-0.39, 0.29) is 24.1 Å². The second-order valence-electron chi connectivity index (χ2n) is 5.63. The second-order valence-corrected chi connectivity index (χ2v) is 5.63. The van der Waals surface area contributed by atoms with Crippen molar-refractivity contribution < 1.29 is 9.47 Å². The summed E-state index contributed by atoms with van der Waals surface area (Å²) < 4.78 is 13.2. The lowest BCUT2D eigenvalue weighted by atomic mass is 10.1. The number of hydrogen-bond donors (Lipinski definition) is 1. The fourth-order valence-corrected chi connectivity index (χ4v) is 2.57. The van der Waals surface area contributed by atoms with Gasteiger partial charge in [-0.25, -0.2) is 4.79 Å². The molecule has 0 spiro atoms. The zero-order chi connectivity index (χ0) is 16.6. The molecule has 2 heterocycles. The van der Waals surface area contributed by atoms with E-state index in [4.69, 9.17) is 9.47 Å². The van der Waals surface area contributed by atoms with Gasteiger partial charge in [0.2, 0.25) is 6.79 Å². The van der Waals surface area contributed by atoms with E-state index in [2.05, 4.69) is 5.32 Å². The van der Waals surface area contributed by atoms with Gasteiger partial charge in [0.25, 0.3) is 5.56 Å². The maximum absolute atomic E-state index is 12.1. The zero-order valence-electron chi connectivity index (χ0n) is 13.3. The average molecular weight is 317 g/mol. The van der Waals surface area contributed by atoms with Gasteiger partial charge < -0.3 is 19.4 Å². The Balaban J connectivity index is 1.76. The molecule has 7 heteroatoms. The summed E-state index contributed by atoms with van der Waals surface area (Å²) in [5, 5.41) is 3.30. The number of nitrogens with zero attached hydrogens (tertiary/aromatic N) is 2. The van der Waals surface area contributed by atoms with Crippen molar-refractivity contribution in [1.29, 1.82) is 0 Å². The summed E-state index contributed by atoms with van der Waals surface area (Å²) in [5.41, 5.74) is 0.971. The van der Waals surface area contributed by atoms with Crippen LogP contribution in [0.5, 0.6) is 11.5 Å². The van der Waals surface area contributed by atoms with Crippen molar-refractivity contribution in [2.45, 2.75) is 19.5 Å². The van der Waals surface area contributed by atoms with Crippen LogP contribution in [0.15, 0.2) is 34.0 Å². The quantitative estimate of drug-likeness (QED) is 0.897. The van der Waals surface area contributed by atoms with Gasteiger partial charge in [0.05, 0.1) is 0 Å². The van der Waals surface area contributed by atoms with Crippen molar-refractivity contribution in [2.75, 3.05) is 6.79 Å². The molecule has 122 valence electrons. The lowest BCUT2D eigenvalue weighted by molar-refractivity contribution is 0.174. The Morgan fingerprint density at radius 1 is 1.22 bits per heavy atom. The van der Waals surface area contributed by atoms with Crippen LogP contribution in [0.3, 0.4) is 0 Å². The summed E-state index contributed by atoms with van der Waals surface area (Å²) >= 11 is 0. The van der Waals surface area contributed by atoms with Crippen LogP contribution in [0.2, 0.25) is 0 Å². The minimum atomic E-state index is -0.331. The molecular weight excluding hydrogens is 298 g/mol. The molecule has 0 radical (unpaired) electrons. The summed E-state index contributed by atoms with van der Waals surface area (Å²) in [4.78, 5) is 23.8. The number of aromatic nitrogens is 2. The maximum Gasteiger partial charge on any atom is 0.330 e. The van der Waals surface area contributed by atoms with E-state index in [1.54, 1.807) is 13.2 Å². The Hall–Kier alpha value is -2.54. The van der Waals surface area contributed by atoms with Gasteiger partial charge in [0, 0.05) is 38.4 Å². The van der Waals surface area contributed by atoms with E-state index in [9.17, 15) is 9.59 Å². The van der Waals surface area contributed by atoms with E-state index in [0.717, 1.165) is 21.6 Å². The Morgan fingerprint density at radius 2 is 1.96 bits per heavy atom. The molecule has 7 nitrogen and oxygen atoms in total. The smallest absolute Gasteiger partial charge is 0.330 e. The lowest BCUT2D eigenvalue weighted by Crippen LogP contribution is -2.39. The van der Waals surface area contributed by atoms with Gasteiger partial charge in [-0.3, -0.25) is 9.36 Å². The Kier molecular flexibility index (Phi) is 3.96. The number of benzene rings is 1. The first kappa shape index (κ1) is 15.4. The third-order valence-electron chi connectivity index (χ3n) is 4.01. The first-order valence-electron chi connectivity index (χ1n) is 7.36. The molecule has 2 aromatic rings. The molecule has 1 aromatic heterocycles. The summed E-state index contributed by atoms with van der Waals surface area (Å²) in [6.07, 6.45) is 1.57. The van der Waals surface area contributed by atoms with Crippen LogP contribution in [-0.4, -0.2) is 15.9 Å². The molecule has 0 fully saturated rings. The first-order chi connectivity index (χ1) is 11.0. The molecule has 1 N–H and O–H groups in total. The molecule has 0 bridgehead atoms. The number of fused-ring (bicyclic) bond motifs is 1. The van der Waals surface area contributed by atoms with Gasteiger partial charge in [-0.1, -0.05) is 6.07 Å². The van der Waals surface area contributed by atoms with Crippen LogP contribution in [-0.2, 0) is 20.6 Å². The molecule has 1 aliphatic heterocycles. The zero-order valence-corrected chi connectivity index (χ0v) is 13.3. The highest BCUT2D eigenvalue weighted by atomic mass is 16.7. The van der Waals surface area contributed by atoms with Crippen LogP contribution in [0.1, 0.15) is 24.1 Å². The standard InChI is InChI=1S/C16H19N3O4/c1-10(11-4-5-13-14(6-11)23-9-22-13)17-7-12-8-18(2)16(21)19(3)15(12)20/h4-6,8,10,17H,7,9H2,1-3H3. The maximum atomic E-state index is 12.1. The molecule has 0 saturated heterocycles. The van der Waals surface area contributed by atoms with Crippen LogP contribution in [0.4, 0.5) is 0 Å². The highest BCUT2D eigenvalue weighted by molar-refractivity contribution is 5.45. The van der Waals surface area contributed by atoms with Crippen LogP contribution in [0, 0.1) is 0 Å². The molecule has 0 saturated carbocycles. The number of rotatable bonds is 4. The van der Waals surface area contributed by atoms with Gasteiger partial charge >= 0.3 is 5.69 Å². The van der Waals surface area contributed by atoms with E-state index >= 15 is 0 Å². The van der Waals surface area contributed by atoms with Gasteiger partial charge in [0.1, 0.15) is 0 Å². The van der Waals surface area contributed by atoms with Crippen molar-refractivity contribution >= 4 is 0 Å². The third-order valence-corrected chi connectivity index (χ3v) is 4.01. The van der Waals surface area contributed by atoms with Crippen molar-refractivity contribution in [3.8, 4) is 11.5 Å². The number of aryl methyl sites for hydroxylation is 1. The number of ether oxygens (including phenoxy) is 2. The Bertz CT molecular complexity index is 853. The largest absolute Gasteiger partial charge is 0.454 e. The van der Waals surface area contributed by atoms with Gasteiger partial charge in [-0.05, 0) is 24.6 Å². The molecule has 1 unspecified atom stereocenters. The molecule has 0 aliphatic carbocycles. The third kappa shape index (κ3) is 2.87. The van der Waals surface area contributed by atoms with Crippen LogP contribution >= 0.6 is 0 Å². The summed E-state index contributed by atoms with van der Waals surface area (Å²) in [6.45, 7) is 2.62. The van der Waals surface area contributed by atoms with Gasteiger partial charge in [-0.15, -0.1) is 0 Å². The van der Waals surface area contributed by atoms with Crippen LogP contribution < -0.4 is 26.0 Å². The minimum absolute atomic E-state index is 0.0199. The number of nitrogens with one attached hydrogen (secondary N) is 1. The molecule has 3 rings (SSSR count). The van der Waals surface area contributed by atoms with Gasteiger partial charge in [0.15, 0.2) is 11.5 Å². The highest BCUT2D eigenvalue weighted by Crippen LogP contribution is 2.34. The second kappa shape index (κ2) is 5.92. The minimum Gasteiger partial charge on any atom is -0.454 e. The average Bonchev–Trinajstić information content (AvgIpc) is 3.02. The summed E-state index contributed by atoms with van der Waals surface area (Å²) in [7, 11) is 3.11. The first-order valence-corrected chi connectivity index (χ1v) is 7.36. The highest BCUT2D eigenvalue weighted by Gasteiger charge is 2.16. The van der Waals surface area contributed by atoms with Crippen molar-refractivity contribution in [3.63, 3.8) is 0 Å². The van der Waals surface area contributed by atoms with Crippen molar-refractivity contribution in [3.05, 3.63) is 56.4 Å². The van der Waals surface area contributed by atoms with E-state index in [1.807, 2.05) is 25.1 Å². The van der Waals surface area contributed by atoms with E-state index in [0.29, 0.717) is 12.1 Å². The van der Waals surface area contributed by atoms with Crippen molar-refractivity contribution in [2.24, 2.45) is 14.1 Å². The summed E-state index contributed by atoms with van der Waals surface area (Å²) in [5.74, 6) is 1.47. The monoisotopic (exact) mass is 317 g/mol. The molecule has 1 aromatic carbocycles. The molecule has 23 heavy (non-hydrogen) atoms. The van der Waals surface area contributed by atoms with Crippen LogP contribution in [0.25, 0.3) is 0 Å². The number of hydrogen-bond acceptors (Lipinski definition) is 5. The molecule has 1 atom stereocenters. The molecule has 1 aliphatic rings. The molecule has 0 amide bonds. The fourth-order valence-electron chi connectivity index (χ4n) is 2.57. The predicted octanol–water partition coefficient (Wildman–Crippen LogP) is 0.663. The normalized spacial score (nSPS) is 14.0. The molecular formula is C16H19N3O4. The fraction of sp³-hybridized carbons (Fsp3) is 0.375. The summed E-state index contributed by atoms with van der Waals surface area (Å²) in [6, 6.07) is 5.79. The van der Waals surface area contributed by atoms with E-state index in [1.165, 1.54) is 11.6 Å². The van der Waals surface area contributed by atoms with Crippen molar-refractivity contribution in [1.82, 2.24) is 14.5 Å². The van der Waals surface area contributed by atoms with E-state index < -0.39 is 0 Å². The Labute approximate surface area is 133 Å².